The first kappa shape index (κ1) is 19.7. The molecule has 5 heteroatoms. The van der Waals surface area contributed by atoms with Gasteiger partial charge in [0.05, 0.1) is 6.04 Å². The molecule has 2 heterocycles. The van der Waals surface area contributed by atoms with Crippen molar-refractivity contribution >= 4 is 17.2 Å². The number of carbonyl (C=O) groups excluding carboxylic acids is 1. The summed E-state index contributed by atoms with van der Waals surface area (Å²) >= 11 is 1.69. The van der Waals surface area contributed by atoms with Crippen molar-refractivity contribution in [2.24, 2.45) is 5.92 Å². The normalized spacial score (nSPS) is 15.6. The highest BCUT2D eigenvalue weighted by Gasteiger charge is 2.28. The van der Waals surface area contributed by atoms with E-state index in [1.54, 1.807) is 11.3 Å². The van der Waals surface area contributed by atoms with Crippen LogP contribution in [0.1, 0.15) is 39.7 Å². The summed E-state index contributed by atoms with van der Waals surface area (Å²) in [5.74, 6) is 1.02. The van der Waals surface area contributed by atoms with Crippen LogP contribution in [0.25, 0.3) is 0 Å². The van der Waals surface area contributed by atoms with Crippen LogP contribution in [-0.2, 0) is 11.3 Å². The van der Waals surface area contributed by atoms with Crippen molar-refractivity contribution in [3.8, 4) is 5.75 Å². The zero-order valence-electron chi connectivity index (χ0n) is 16.3. The molecule has 29 heavy (non-hydrogen) atoms. The monoisotopic (exact) mass is 407 g/mol. The lowest BCUT2D eigenvalue weighted by molar-refractivity contribution is 0.0518. The summed E-state index contributed by atoms with van der Waals surface area (Å²) in [4.78, 5) is 14.2. The molecule has 1 aliphatic heterocycles. The van der Waals surface area contributed by atoms with Crippen LogP contribution in [0.15, 0.2) is 72.1 Å². The van der Waals surface area contributed by atoms with Crippen molar-refractivity contribution in [1.29, 1.82) is 0 Å². The second kappa shape index (κ2) is 9.72. The molecule has 0 radical (unpaired) electrons. The van der Waals surface area contributed by atoms with E-state index in [1.807, 2.05) is 60.7 Å². The SMILES string of the molecule is O=C(N[C@H](c1cccs1)C1CCOCC1)c1cccc(OCc2ccccc2)c1. The van der Waals surface area contributed by atoms with E-state index in [-0.39, 0.29) is 11.9 Å². The number of thiophene rings is 1. The minimum atomic E-state index is -0.0694. The number of benzene rings is 2. The molecule has 2 aromatic carbocycles. The smallest absolute Gasteiger partial charge is 0.251 e. The van der Waals surface area contributed by atoms with Gasteiger partial charge in [0.25, 0.3) is 5.91 Å². The molecule has 150 valence electrons. The molecule has 3 aromatic rings. The first-order valence-corrected chi connectivity index (χ1v) is 10.9. The van der Waals surface area contributed by atoms with Crippen molar-refractivity contribution < 1.29 is 14.3 Å². The van der Waals surface area contributed by atoms with E-state index >= 15 is 0 Å². The quantitative estimate of drug-likeness (QED) is 0.584. The largest absolute Gasteiger partial charge is 0.489 e. The van der Waals surface area contributed by atoms with E-state index in [2.05, 4.69) is 16.8 Å². The Bertz CT molecular complexity index is 905. The Balaban J connectivity index is 1.45. The van der Waals surface area contributed by atoms with Gasteiger partial charge >= 0.3 is 0 Å². The molecule has 0 spiro atoms. The highest BCUT2D eigenvalue weighted by atomic mass is 32.1. The highest BCUT2D eigenvalue weighted by molar-refractivity contribution is 7.10. The van der Waals surface area contributed by atoms with Crippen molar-refractivity contribution in [3.63, 3.8) is 0 Å². The number of rotatable bonds is 7. The average Bonchev–Trinajstić information content (AvgIpc) is 3.32. The molecule has 1 saturated heterocycles. The van der Waals surface area contributed by atoms with Crippen molar-refractivity contribution in [2.75, 3.05) is 13.2 Å². The van der Waals surface area contributed by atoms with Gasteiger partial charge in [-0.15, -0.1) is 11.3 Å². The van der Waals surface area contributed by atoms with Crippen LogP contribution in [0.2, 0.25) is 0 Å². The molecule has 1 aliphatic rings. The molecule has 0 unspecified atom stereocenters. The third-order valence-electron chi connectivity index (χ3n) is 5.22. The minimum absolute atomic E-state index is 0.0142. The number of nitrogens with one attached hydrogen (secondary N) is 1. The van der Waals surface area contributed by atoms with E-state index < -0.39 is 0 Å². The Morgan fingerprint density at radius 1 is 1.07 bits per heavy atom. The van der Waals surface area contributed by atoms with E-state index in [0.29, 0.717) is 23.8 Å². The van der Waals surface area contributed by atoms with Gasteiger partial charge < -0.3 is 14.8 Å². The maximum atomic E-state index is 13.0. The van der Waals surface area contributed by atoms with Crippen molar-refractivity contribution in [2.45, 2.75) is 25.5 Å². The number of carbonyl (C=O) groups is 1. The Labute approximate surface area is 175 Å². The van der Waals surface area contributed by atoms with Crippen LogP contribution in [0.4, 0.5) is 0 Å². The molecule has 0 aliphatic carbocycles. The predicted molar refractivity (Wildman–Crippen MR) is 115 cm³/mol. The first-order chi connectivity index (χ1) is 14.3. The van der Waals surface area contributed by atoms with E-state index in [1.165, 1.54) is 4.88 Å². The van der Waals surface area contributed by atoms with Crippen LogP contribution in [0.3, 0.4) is 0 Å². The summed E-state index contributed by atoms with van der Waals surface area (Å²) in [6.45, 7) is 1.99. The molecule has 1 N–H and O–H groups in total. The van der Waals surface area contributed by atoms with Gasteiger partial charge in [-0.1, -0.05) is 42.5 Å². The van der Waals surface area contributed by atoms with Crippen LogP contribution in [0, 0.1) is 5.92 Å². The first-order valence-electron chi connectivity index (χ1n) is 9.98. The number of amides is 1. The summed E-state index contributed by atoms with van der Waals surface area (Å²) in [6, 6.07) is 21.6. The van der Waals surface area contributed by atoms with Gasteiger partial charge in [0.1, 0.15) is 12.4 Å². The molecule has 4 nitrogen and oxygen atoms in total. The Morgan fingerprint density at radius 2 is 1.90 bits per heavy atom. The topological polar surface area (TPSA) is 47.6 Å². The molecule has 1 aromatic heterocycles. The standard InChI is InChI=1S/C24H25NO3S/c26-24(25-23(22-10-5-15-29-22)19-11-13-27-14-12-19)20-8-4-9-21(16-20)28-17-18-6-2-1-3-7-18/h1-10,15-16,19,23H,11-14,17H2,(H,25,26)/t23-/m0/s1. The molecule has 1 atom stereocenters. The van der Waals surface area contributed by atoms with Gasteiger partial charge in [0.15, 0.2) is 0 Å². The van der Waals surface area contributed by atoms with Gasteiger partial charge in [0.2, 0.25) is 0 Å². The molecule has 1 fully saturated rings. The van der Waals surface area contributed by atoms with E-state index in [0.717, 1.165) is 31.6 Å². The van der Waals surface area contributed by atoms with Gasteiger partial charge in [-0.25, -0.2) is 0 Å². The minimum Gasteiger partial charge on any atom is -0.489 e. The van der Waals surface area contributed by atoms with Gasteiger partial charge in [-0.05, 0) is 54.0 Å². The zero-order valence-corrected chi connectivity index (χ0v) is 17.1. The van der Waals surface area contributed by atoms with Gasteiger partial charge in [-0.3, -0.25) is 4.79 Å². The van der Waals surface area contributed by atoms with Crippen molar-refractivity contribution in [3.05, 3.63) is 88.1 Å². The molecule has 4 rings (SSSR count). The summed E-state index contributed by atoms with van der Waals surface area (Å²) in [7, 11) is 0. The third kappa shape index (κ3) is 5.25. The summed E-state index contributed by atoms with van der Waals surface area (Å²) < 4.78 is 11.4. The average molecular weight is 408 g/mol. The molecular weight excluding hydrogens is 382 g/mol. The summed E-state index contributed by atoms with van der Waals surface area (Å²) in [6.07, 6.45) is 1.92. The maximum absolute atomic E-state index is 13.0. The fourth-order valence-corrected chi connectivity index (χ4v) is 4.50. The fraction of sp³-hybridized carbons (Fsp3) is 0.292. The van der Waals surface area contributed by atoms with Crippen molar-refractivity contribution in [1.82, 2.24) is 5.32 Å². The lowest BCUT2D eigenvalue weighted by atomic mass is 9.90. The summed E-state index contributed by atoms with van der Waals surface area (Å²) in [5.41, 5.74) is 1.71. The maximum Gasteiger partial charge on any atom is 0.251 e. The molecule has 1 amide bonds. The summed E-state index contributed by atoms with van der Waals surface area (Å²) in [5, 5.41) is 5.33. The fourth-order valence-electron chi connectivity index (χ4n) is 3.63. The molecule has 0 bridgehead atoms. The van der Waals surface area contributed by atoms with Gasteiger partial charge in [-0.2, -0.15) is 0 Å². The third-order valence-corrected chi connectivity index (χ3v) is 6.17. The lowest BCUT2D eigenvalue weighted by Gasteiger charge is -2.30. The van der Waals surface area contributed by atoms with E-state index in [4.69, 9.17) is 9.47 Å². The Hall–Kier alpha value is -2.63. The van der Waals surface area contributed by atoms with Crippen LogP contribution < -0.4 is 10.1 Å². The number of hydrogen-bond donors (Lipinski definition) is 1. The lowest BCUT2D eigenvalue weighted by Crippen LogP contribution is -2.35. The Kier molecular flexibility index (Phi) is 6.60. The second-order valence-corrected chi connectivity index (χ2v) is 8.20. The van der Waals surface area contributed by atoms with Crippen LogP contribution in [0.5, 0.6) is 5.75 Å². The molecule has 0 saturated carbocycles. The van der Waals surface area contributed by atoms with E-state index in [9.17, 15) is 4.79 Å². The van der Waals surface area contributed by atoms with Gasteiger partial charge in [0, 0.05) is 23.7 Å². The van der Waals surface area contributed by atoms with Crippen LogP contribution in [-0.4, -0.2) is 19.1 Å². The number of hydrogen-bond acceptors (Lipinski definition) is 4. The molecular formula is C24H25NO3S. The zero-order chi connectivity index (χ0) is 19.9. The second-order valence-electron chi connectivity index (χ2n) is 7.22. The highest BCUT2D eigenvalue weighted by Crippen LogP contribution is 2.33. The van der Waals surface area contributed by atoms with Crippen LogP contribution >= 0.6 is 11.3 Å². The predicted octanol–water partition coefficient (Wildman–Crippen LogP) is 5.22. The Morgan fingerprint density at radius 3 is 2.66 bits per heavy atom. The number of ether oxygens (including phenoxy) is 2.